The maximum Gasteiger partial charge on any atom is 0.236 e. The number of rotatable bonds is 7. The fourth-order valence-electron chi connectivity index (χ4n) is 1.98. The molecule has 0 spiro atoms. The van der Waals surface area contributed by atoms with Crippen molar-refractivity contribution in [2.45, 2.75) is 26.0 Å². The molecule has 0 aliphatic rings. The first-order valence-electron chi connectivity index (χ1n) is 7.44. The van der Waals surface area contributed by atoms with E-state index in [2.05, 4.69) is 5.32 Å². The van der Waals surface area contributed by atoms with Gasteiger partial charge < -0.3 is 15.8 Å². The summed E-state index contributed by atoms with van der Waals surface area (Å²) >= 11 is 0. The highest BCUT2D eigenvalue weighted by Crippen LogP contribution is 2.14. The van der Waals surface area contributed by atoms with Crippen LogP contribution in [0.15, 0.2) is 54.6 Å². The number of nitrogens with one attached hydrogen (secondary N) is 1. The van der Waals surface area contributed by atoms with Crippen molar-refractivity contribution in [2.24, 2.45) is 5.73 Å². The molecule has 0 unspecified atom stereocenters. The van der Waals surface area contributed by atoms with Crippen LogP contribution in [0.2, 0.25) is 0 Å². The van der Waals surface area contributed by atoms with Crippen molar-refractivity contribution in [3.63, 3.8) is 0 Å². The van der Waals surface area contributed by atoms with Gasteiger partial charge in [0.25, 0.3) is 0 Å². The molecule has 0 aromatic heterocycles. The summed E-state index contributed by atoms with van der Waals surface area (Å²) in [6, 6.07) is 17.5. The van der Waals surface area contributed by atoms with Gasteiger partial charge in [-0.25, -0.2) is 0 Å². The molecular formula is C18H22N2O2. The summed E-state index contributed by atoms with van der Waals surface area (Å²) in [4.78, 5) is 11.4. The predicted octanol–water partition coefficient (Wildman–Crippen LogP) is 2.27. The molecule has 2 aromatic carbocycles. The van der Waals surface area contributed by atoms with Crippen LogP contribution in [0.4, 0.5) is 0 Å². The lowest BCUT2D eigenvalue weighted by Crippen LogP contribution is -2.39. The third-order valence-corrected chi connectivity index (χ3v) is 3.30. The van der Waals surface area contributed by atoms with Gasteiger partial charge in [-0.2, -0.15) is 0 Å². The molecule has 1 amide bonds. The molecule has 0 aliphatic heterocycles. The van der Waals surface area contributed by atoms with E-state index in [1.807, 2.05) is 54.6 Å². The van der Waals surface area contributed by atoms with Crippen molar-refractivity contribution in [1.29, 1.82) is 0 Å². The Morgan fingerprint density at radius 2 is 1.77 bits per heavy atom. The molecule has 116 valence electrons. The highest BCUT2D eigenvalue weighted by Gasteiger charge is 2.05. The molecule has 0 saturated carbocycles. The smallest absolute Gasteiger partial charge is 0.236 e. The van der Waals surface area contributed by atoms with Crippen molar-refractivity contribution < 1.29 is 9.53 Å². The molecule has 0 aliphatic carbocycles. The molecule has 3 N–H and O–H groups in total. The second kappa shape index (κ2) is 8.20. The van der Waals surface area contributed by atoms with Crippen molar-refractivity contribution in [2.75, 3.05) is 6.54 Å². The van der Waals surface area contributed by atoms with Gasteiger partial charge in [-0.3, -0.25) is 4.79 Å². The van der Waals surface area contributed by atoms with E-state index in [9.17, 15) is 4.79 Å². The molecule has 4 nitrogen and oxygen atoms in total. The first-order valence-corrected chi connectivity index (χ1v) is 7.44. The molecule has 0 fully saturated rings. The van der Waals surface area contributed by atoms with Gasteiger partial charge >= 0.3 is 0 Å². The number of carbonyl (C=O) groups is 1. The molecule has 0 bridgehead atoms. The summed E-state index contributed by atoms with van der Waals surface area (Å²) in [6.45, 7) is 2.82. The minimum absolute atomic E-state index is 0.122. The number of amides is 1. The lowest BCUT2D eigenvalue weighted by Gasteiger charge is -2.09. The zero-order valence-electron chi connectivity index (χ0n) is 12.8. The van der Waals surface area contributed by atoms with Crippen LogP contribution >= 0.6 is 0 Å². The van der Waals surface area contributed by atoms with Crippen LogP contribution in [0.3, 0.4) is 0 Å². The summed E-state index contributed by atoms with van der Waals surface area (Å²) < 4.78 is 5.73. The molecular weight excluding hydrogens is 276 g/mol. The van der Waals surface area contributed by atoms with Gasteiger partial charge in [0.2, 0.25) is 5.91 Å². The van der Waals surface area contributed by atoms with Crippen LogP contribution in [0.1, 0.15) is 18.1 Å². The Kier molecular flexibility index (Phi) is 5.98. The second-order valence-electron chi connectivity index (χ2n) is 5.25. The quantitative estimate of drug-likeness (QED) is 0.824. The normalized spacial score (nSPS) is 11.7. The van der Waals surface area contributed by atoms with E-state index < -0.39 is 6.04 Å². The summed E-state index contributed by atoms with van der Waals surface area (Å²) in [6.07, 6.45) is 0.775. The zero-order chi connectivity index (χ0) is 15.8. The average Bonchev–Trinajstić information content (AvgIpc) is 2.55. The maximum absolute atomic E-state index is 11.4. The molecule has 0 radical (unpaired) electrons. The lowest BCUT2D eigenvalue weighted by atomic mass is 10.1. The largest absolute Gasteiger partial charge is 0.489 e. The number of benzene rings is 2. The Morgan fingerprint density at radius 3 is 2.41 bits per heavy atom. The third kappa shape index (κ3) is 5.22. The minimum Gasteiger partial charge on any atom is -0.489 e. The Morgan fingerprint density at radius 1 is 1.09 bits per heavy atom. The Balaban J connectivity index is 1.77. The first kappa shape index (κ1) is 16.0. The lowest BCUT2D eigenvalue weighted by molar-refractivity contribution is -0.121. The topological polar surface area (TPSA) is 64.4 Å². The second-order valence-corrected chi connectivity index (χ2v) is 5.25. The molecule has 2 rings (SSSR count). The molecule has 4 heteroatoms. The number of ether oxygens (including phenoxy) is 1. The van der Waals surface area contributed by atoms with Crippen molar-refractivity contribution in [3.05, 3.63) is 65.7 Å². The van der Waals surface area contributed by atoms with Crippen LogP contribution < -0.4 is 15.8 Å². The average molecular weight is 298 g/mol. The number of carbonyl (C=O) groups excluding carboxylic acids is 1. The summed E-state index contributed by atoms with van der Waals surface area (Å²) in [7, 11) is 0. The molecule has 22 heavy (non-hydrogen) atoms. The fraction of sp³-hybridized carbons (Fsp3) is 0.278. The minimum atomic E-state index is -0.464. The Bertz CT molecular complexity index is 580. The van der Waals surface area contributed by atoms with Crippen LogP contribution in [-0.4, -0.2) is 18.5 Å². The van der Waals surface area contributed by atoms with Crippen LogP contribution in [0, 0.1) is 0 Å². The van der Waals surface area contributed by atoms with E-state index >= 15 is 0 Å². The van der Waals surface area contributed by atoms with E-state index in [4.69, 9.17) is 10.5 Å². The van der Waals surface area contributed by atoms with Gasteiger partial charge in [0, 0.05) is 6.54 Å². The van der Waals surface area contributed by atoms with Crippen molar-refractivity contribution >= 4 is 5.91 Å². The maximum atomic E-state index is 11.4. The Hall–Kier alpha value is -2.33. The van der Waals surface area contributed by atoms with Crippen molar-refractivity contribution in [3.8, 4) is 5.75 Å². The molecule has 2 aromatic rings. The van der Waals surface area contributed by atoms with E-state index in [0.717, 1.165) is 23.3 Å². The standard InChI is InChI=1S/C18H22N2O2/c1-14(19)18(21)20-12-11-15-7-9-17(10-8-15)22-13-16-5-3-2-4-6-16/h2-10,14H,11-13,19H2,1H3,(H,20,21)/t14-/m0/s1. The first-order chi connectivity index (χ1) is 10.6. The SMILES string of the molecule is C[C@H](N)C(=O)NCCc1ccc(OCc2ccccc2)cc1. The molecule has 0 saturated heterocycles. The third-order valence-electron chi connectivity index (χ3n) is 3.30. The van der Waals surface area contributed by atoms with Crippen molar-refractivity contribution in [1.82, 2.24) is 5.32 Å². The molecule has 0 heterocycles. The summed E-state index contributed by atoms with van der Waals surface area (Å²) in [5.74, 6) is 0.718. The number of hydrogen-bond acceptors (Lipinski definition) is 3. The number of hydrogen-bond donors (Lipinski definition) is 2. The van der Waals surface area contributed by atoms with Gasteiger partial charge in [0.05, 0.1) is 6.04 Å². The summed E-state index contributed by atoms with van der Waals surface area (Å²) in [5.41, 5.74) is 7.78. The van der Waals surface area contributed by atoms with E-state index in [1.165, 1.54) is 0 Å². The van der Waals surface area contributed by atoms with Gasteiger partial charge in [-0.05, 0) is 36.6 Å². The van der Waals surface area contributed by atoms with E-state index in [-0.39, 0.29) is 5.91 Å². The number of nitrogens with two attached hydrogens (primary N) is 1. The van der Waals surface area contributed by atoms with Crippen LogP contribution in [-0.2, 0) is 17.8 Å². The van der Waals surface area contributed by atoms with Gasteiger partial charge in [-0.15, -0.1) is 0 Å². The van der Waals surface area contributed by atoms with Gasteiger partial charge in [0.1, 0.15) is 12.4 Å². The van der Waals surface area contributed by atoms with E-state index in [1.54, 1.807) is 6.92 Å². The predicted molar refractivity (Wildman–Crippen MR) is 87.6 cm³/mol. The zero-order valence-corrected chi connectivity index (χ0v) is 12.8. The summed E-state index contributed by atoms with van der Waals surface area (Å²) in [5, 5.41) is 2.80. The van der Waals surface area contributed by atoms with Gasteiger partial charge in [-0.1, -0.05) is 42.5 Å². The molecule has 1 atom stereocenters. The highest BCUT2D eigenvalue weighted by molar-refractivity contribution is 5.80. The monoisotopic (exact) mass is 298 g/mol. The van der Waals surface area contributed by atoms with Crippen LogP contribution in [0.5, 0.6) is 5.75 Å². The Labute approximate surface area is 131 Å². The van der Waals surface area contributed by atoms with Gasteiger partial charge in [0.15, 0.2) is 0 Å². The fourth-order valence-corrected chi connectivity index (χ4v) is 1.98. The highest BCUT2D eigenvalue weighted by atomic mass is 16.5. The van der Waals surface area contributed by atoms with E-state index in [0.29, 0.717) is 13.2 Å². The van der Waals surface area contributed by atoms with Crippen LogP contribution in [0.25, 0.3) is 0 Å².